The minimum Gasteiger partial charge on any atom is -0.378 e. The summed E-state index contributed by atoms with van der Waals surface area (Å²) in [6.45, 7) is 1.95. The number of hydrazone groups is 1. The number of hydrogen-bond donors (Lipinski definition) is 2. The van der Waals surface area contributed by atoms with Crippen molar-refractivity contribution in [2.24, 2.45) is 5.10 Å². The van der Waals surface area contributed by atoms with Crippen molar-refractivity contribution in [2.45, 2.75) is 6.92 Å². The van der Waals surface area contributed by atoms with Gasteiger partial charge in [-0.1, -0.05) is 59.8 Å². The van der Waals surface area contributed by atoms with Crippen molar-refractivity contribution < 1.29 is 9.42 Å². The molecule has 144 valence electrons. The molecule has 0 fully saturated rings. The standard InChI is InChI=1S/C19H16N8O2/c1-12-7-5-6-10-14(12)11-21-23-19(28)16-15(13-8-3-2-4-9-13)22-26-27(16)18-17(20)24-29-25-18/h2-11H,1H3,(H2,20,24)(H,23,28)/b21-11+. The number of anilines is 1. The first-order valence-electron chi connectivity index (χ1n) is 8.63. The molecule has 0 spiro atoms. The summed E-state index contributed by atoms with van der Waals surface area (Å²) in [5, 5.41) is 19.4. The number of carbonyl (C=O) groups excluding carboxylic acids is 1. The molecule has 10 heteroatoms. The average molecular weight is 388 g/mol. The van der Waals surface area contributed by atoms with Crippen molar-refractivity contribution in [1.82, 2.24) is 30.7 Å². The third-order valence-corrected chi connectivity index (χ3v) is 4.19. The van der Waals surface area contributed by atoms with Gasteiger partial charge >= 0.3 is 0 Å². The normalized spacial score (nSPS) is 11.1. The molecule has 2 aromatic carbocycles. The maximum Gasteiger partial charge on any atom is 0.292 e. The van der Waals surface area contributed by atoms with E-state index in [2.05, 4.69) is 35.8 Å². The maximum atomic E-state index is 13.0. The van der Waals surface area contributed by atoms with Gasteiger partial charge in [0.1, 0.15) is 5.69 Å². The highest BCUT2D eigenvalue weighted by Gasteiger charge is 2.25. The molecular formula is C19H16N8O2. The molecule has 0 aliphatic heterocycles. The summed E-state index contributed by atoms with van der Waals surface area (Å²) in [5.74, 6) is -0.499. The van der Waals surface area contributed by atoms with Crippen LogP contribution in [0.4, 0.5) is 5.82 Å². The Morgan fingerprint density at radius 1 is 1.14 bits per heavy atom. The van der Waals surface area contributed by atoms with E-state index in [-0.39, 0.29) is 17.3 Å². The summed E-state index contributed by atoms with van der Waals surface area (Å²) >= 11 is 0. The fourth-order valence-corrected chi connectivity index (χ4v) is 2.71. The molecule has 0 unspecified atom stereocenters. The van der Waals surface area contributed by atoms with Crippen LogP contribution in [0.15, 0.2) is 64.3 Å². The molecule has 0 aliphatic carbocycles. The number of carbonyl (C=O) groups is 1. The zero-order valence-electron chi connectivity index (χ0n) is 15.4. The molecule has 10 nitrogen and oxygen atoms in total. The molecular weight excluding hydrogens is 372 g/mol. The number of aryl methyl sites for hydroxylation is 1. The lowest BCUT2D eigenvalue weighted by Gasteiger charge is -2.05. The van der Waals surface area contributed by atoms with Gasteiger partial charge in [-0.05, 0) is 28.4 Å². The monoisotopic (exact) mass is 388 g/mol. The van der Waals surface area contributed by atoms with Crippen molar-refractivity contribution in [1.29, 1.82) is 0 Å². The Morgan fingerprint density at radius 3 is 2.62 bits per heavy atom. The van der Waals surface area contributed by atoms with E-state index >= 15 is 0 Å². The van der Waals surface area contributed by atoms with Crippen molar-refractivity contribution in [3.05, 3.63) is 71.4 Å². The number of benzene rings is 2. The molecule has 4 aromatic rings. The molecule has 2 heterocycles. The minimum absolute atomic E-state index is 0.0213. The lowest BCUT2D eigenvalue weighted by molar-refractivity contribution is 0.0948. The van der Waals surface area contributed by atoms with Gasteiger partial charge in [0.15, 0.2) is 5.69 Å². The summed E-state index contributed by atoms with van der Waals surface area (Å²) in [6, 6.07) is 16.8. The van der Waals surface area contributed by atoms with Crippen LogP contribution in [0.3, 0.4) is 0 Å². The number of nitrogen functional groups attached to an aromatic ring is 1. The number of nitrogens with one attached hydrogen (secondary N) is 1. The van der Waals surface area contributed by atoms with Crippen LogP contribution in [0, 0.1) is 6.92 Å². The van der Waals surface area contributed by atoms with E-state index in [0.717, 1.165) is 11.1 Å². The topological polar surface area (TPSA) is 137 Å². The van der Waals surface area contributed by atoms with Gasteiger partial charge in [-0.3, -0.25) is 4.79 Å². The zero-order valence-corrected chi connectivity index (χ0v) is 15.4. The van der Waals surface area contributed by atoms with Crippen LogP contribution in [0.2, 0.25) is 0 Å². The highest BCUT2D eigenvalue weighted by atomic mass is 16.6. The van der Waals surface area contributed by atoms with Crippen molar-refractivity contribution in [3.63, 3.8) is 0 Å². The Labute approximate surface area is 165 Å². The Bertz CT molecular complexity index is 1180. The molecule has 1 amide bonds. The van der Waals surface area contributed by atoms with Crippen LogP contribution in [0.5, 0.6) is 0 Å². The molecule has 0 saturated heterocycles. The van der Waals surface area contributed by atoms with Gasteiger partial charge in [-0.15, -0.1) is 5.10 Å². The zero-order chi connectivity index (χ0) is 20.2. The van der Waals surface area contributed by atoms with Crippen molar-refractivity contribution >= 4 is 17.9 Å². The maximum absolute atomic E-state index is 13.0. The van der Waals surface area contributed by atoms with Crippen LogP contribution in [0.1, 0.15) is 21.6 Å². The van der Waals surface area contributed by atoms with Crippen LogP contribution in [-0.2, 0) is 0 Å². The first-order valence-corrected chi connectivity index (χ1v) is 8.63. The van der Waals surface area contributed by atoms with Gasteiger partial charge in [-0.2, -0.15) is 9.78 Å². The molecule has 0 bridgehead atoms. The summed E-state index contributed by atoms with van der Waals surface area (Å²) in [5.41, 5.74) is 11.3. The lowest BCUT2D eigenvalue weighted by atomic mass is 10.1. The summed E-state index contributed by atoms with van der Waals surface area (Å²) in [6.07, 6.45) is 1.57. The van der Waals surface area contributed by atoms with Gasteiger partial charge in [0.25, 0.3) is 5.91 Å². The van der Waals surface area contributed by atoms with E-state index in [1.807, 2.05) is 61.5 Å². The minimum atomic E-state index is -0.541. The molecule has 4 rings (SSSR count). The fourth-order valence-electron chi connectivity index (χ4n) is 2.71. The molecule has 29 heavy (non-hydrogen) atoms. The van der Waals surface area contributed by atoms with Gasteiger partial charge < -0.3 is 5.73 Å². The van der Waals surface area contributed by atoms with E-state index in [1.54, 1.807) is 6.21 Å². The third kappa shape index (κ3) is 3.58. The van der Waals surface area contributed by atoms with Crippen LogP contribution in [0.25, 0.3) is 17.1 Å². The third-order valence-electron chi connectivity index (χ3n) is 4.19. The van der Waals surface area contributed by atoms with Crippen LogP contribution in [-0.4, -0.2) is 37.4 Å². The average Bonchev–Trinajstić information content (AvgIpc) is 3.36. The van der Waals surface area contributed by atoms with Gasteiger partial charge in [0.2, 0.25) is 11.6 Å². The van der Waals surface area contributed by atoms with E-state index in [4.69, 9.17) is 5.73 Å². The second-order valence-electron chi connectivity index (χ2n) is 6.09. The van der Waals surface area contributed by atoms with Gasteiger partial charge in [0.05, 0.1) is 6.21 Å². The second-order valence-corrected chi connectivity index (χ2v) is 6.09. The SMILES string of the molecule is Cc1ccccc1/C=N/NC(=O)c1c(-c2ccccc2)nnn1-c1nonc1N. The van der Waals surface area contributed by atoms with Gasteiger partial charge in [0, 0.05) is 5.56 Å². The molecule has 2 aromatic heterocycles. The fraction of sp³-hybridized carbons (Fsp3) is 0.0526. The molecule has 0 radical (unpaired) electrons. The summed E-state index contributed by atoms with van der Waals surface area (Å²) < 4.78 is 5.80. The molecule has 0 saturated carbocycles. The van der Waals surface area contributed by atoms with E-state index < -0.39 is 5.91 Å². The Morgan fingerprint density at radius 2 is 1.90 bits per heavy atom. The Hall–Kier alpha value is -4.34. The summed E-state index contributed by atoms with van der Waals surface area (Å²) in [7, 11) is 0. The predicted molar refractivity (Wildman–Crippen MR) is 105 cm³/mol. The molecule has 3 N–H and O–H groups in total. The van der Waals surface area contributed by atoms with Crippen LogP contribution >= 0.6 is 0 Å². The first-order chi connectivity index (χ1) is 14.1. The number of nitrogens with zero attached hydrogens (tertiary/aromatic N) is 6. The first kappa shape index (κ1) is 18.0. The van der Waals surface area contributed by atoms with E-state index in [0.29, 0.717) is 11.3 Å². The second kappa shape index (κ2) is 7.72. The number of hydrogen-bond acceptors (Lipinski definition) is 8. The largest absolute Gasteiger partial charge is 0.378 e. The lowest BCUT2D eigenvalue weighted by Crippen LogP contribution is -2.22. The predicted octanol–water partition coefficient (Wildman–Crippen LogP) is 1.97. The summed E-state index contributed by atoms with van der Waals surface area (Å²) in [4.78, 5) is 13.0. The van der Waals surface area contributed by atoms with Crippen LogP contribution < -0.4 is 11.2 Å². The number of aromatic nitrogens is 5. The van der Waals surface area contributed by atoms with E-state index in [9.17, 15) is 4.79 Å². The smallest absolute Gasteiger partial charge is 0.292 e. The van der Waals surface area contributed by atoms with Crippen molar-refractivity contribution in [3.8, 4) is 17.1 Å². The Kier molecular flexibility index (Phi) is 4.81. The van der Waals surface area contributed by atoms with E-state index in [1.165, 1.54) is 4.68 Å². The number of amides is 1. The number of rotatable bonds is 5. The molecule has 0 atom stereocenters. The van der Waals surface area contributed by atoms with Crippen molar-refractivity contribution in [2.75, 3.05) is 5.73 Å². The number of nitrogens with two attached hydrogens (primary N) is 1. The highest BCUT2D eigenvalue weighted by Crippen LogP contribution is 2.24. The molecule has 0 aliphatic rings. The van der Waals surface area contributed by atoms with Gasteiger partial charge in [-0.25, -0.2) is 10.1 Å². The highest BCUT2D eigenvalue weighted by molar-refractivity contribution is 5.99. The quantitative estimate of drug-likeness (QED) is 0.394. The Balaban J connectivity index is 1.71.